The van der Waals surface area contributed by atoms with Crippen LogP contribution in [0.25, 0.3) is 21.0 Å². The molecular formula is C16H15N3OS. The Hall–Kier alpha value is -2.16. The van der Waals surface area contributed by atoms with Gasteiger partial charge in [0.1, 0.15) is 5.76 Å². The Kier molecular flexibility index (Phi) is 4.00. The molecule has 0 fully saturated rings. The number of hydrogen-bond donors (Lipinski definition) is 1. The maximum Gasteiger partial charge on any atom is 0.163 e. The maximum absolute atomic E-state index is 8.73. The highest BCUT2D eigenvalue weighted by atomic mass is 32.1. The van der Waals surface area contributed by atoms with Crippen molar-refractivity contribution in [3.8, 4) is 16.8 Å². The van der Waals surface area contributed by atoms with Crippen LogP contribution in [0.1, 0.15) is 12.7 Å². The average Bonchev–Trinajstić information content (AvgIpc) is 3.13. The van der Waals surface area contributed by atoms with E-state index in [1.807, 2.05) is 37.3 Å². The van der Waals surface area contributed by atoms with Gasteiger partial charge >= 0.3 is 0 Å². The van der Waals surface area contributed by atoms with E-state index in [0.717, 1.165) is 26.7 Å². The van der Waals surface area contributed by atoms with Crippen molar-refractivity contribution in [1.82, 2.24) is 10.3 Å². The lowest BCUT2D eigenvalue weighted by atomic mass is 10.2. The number of para-hydroxylation sites is 1. The van der Waals surface area contributed by atoms with Crippen LogP contribution in [0.5, 0.6) is 0 Å². The van der Waals surface area contributed by atoms with Crippen molar-refractivity contribution in [2.24, 2.45) is 5.92 Å². The van der Waals surface area contributed by atoms with Crippen LogP contribution in [0, 0.1) is 17.2 Å². The van der Waals surface area contributed by atoms with Crippen molar-refractivity contribution in [2.45, 2.75) is 13.5 Å². The molecule has 0 radical (unpaired) electrons. The molecule has 3 rings (SSSR count). The number of furan rings is 1. The molecule has 1 N–H and O–H groups in total. The third kappa shape index (κ3) is 3.13. The Morgan fingerprint density at radius 3 is 3.00 bits per heavy atom. The summed E-state index contributed by atoms with van der Waals surface area (Å²) in [6.45, 7) is 3.17. The summed E-state index contributed by atoms with van der Waals surface area (Å²) in [5.41, 5.74) is 0.997. The monoisotopic (exact) mass is 297 g/mol. The summed E-state index contributed by atoms with van der Waals surface area (Å²) in [5, 5.41) is 12.8. The molecule has 3 aromatic rings. The summed E-state index contributed by atoms with van der Waals surface area (Å²) in [6, 6.07) is 14.2. The van der Waals surface area contributed by atoms with Crippen molar-refractivity contribution < 1.29 is 4.42 Å². The Balaban J connectivity index is 1.71. The Morgan fingerprint density at radius 1 is 1.33 bits per heavy atom. The Morgan fingerprint density at radius 2 is 2.19 bits per heavy atom. The van der Waals surface area contributed by atoms with E-state index in [4.69, 9.17) is 9.68 Å². The van der Waals surface area contributed by atoms with E-state index in [9.17, 15) is 0 Å². The van der Waals surface area contributed by atoms with E-state index < -0.39 is 0 Å². The quantitative estimate of drug-likeness (QED) is 0.778. The molecular weight excluding hydrogens is 282 g/mol. The number of benzene rings is 1. The first-order valence-electron chi connectivity index (χ1n) is 6.81. The minimum atomic E-state index is 0.00342. The molecule has 106 valence electrons. The maximum atomic E-state index is 8.73. The normalized spacial score (nSPS) is 12.4. The second kappa shape index (κ2) is 6.08. The first kappa shape index (κ1) is 13.8. The number of nitrogens with one attached hydrogen (secondary N) is 1. The van der Waals surface area contributed by atoms with E-state index >= 15 is 0 Å². The van der Waals surface area contributed by atoms with Gasteiger partial charge in [-0.1, -0.05) is 12.1 Å². The van der Waals surface area contributed by atoms with Crippen LogP contribution in [-0.2, 0) is 6.54 Å². The molecule has 5 heteroatoms. The van der Waals surface area contributed by atoms with E-state index in [1.54, 1.807) is 11.3 Å². The molecule has 1 aromatic carbocycles. The molecule has 0 bridgehead atoms. The molecule has 1 atom stereocenters. The number of aromatic nitrogens is 1. The lowest BCUT2D eigenvalue weighted by Gasteiger charge is -2.02. The summed E-state index contributed by atoms with van der Waals surface area (Å²) >= 11 is 1.63. The zero-order valence-corrected chi connectivity index (χ0v) is 12.5. The molecule has 0 aliphatic carbocycles. The molecule has 0 spiro atoms. The number of hydrogen-bond acceptors (Lipinski definition) is 5. The van der Waals surface area contributed by atoms with Gasteiger partial charge in [0.2, 0.25) is 0 Å². The molecule has 4 nitrogen and oxygen atoms in total. The highest BCUT2D eigenvalue weighted by Gasteiger charge is 2.10. The molecule has 0 amide bonds. The fraction of sp³-hybridized carbons (Fsp3) is 0.250. The fourth-order valence-electron chi connectivity index (χ4n) is 2.02. The molecule has 1 unspecified atom stereocenters. The second-order valence-corrected chi connectivity index (χ2v) is 5.94. The van der Waals surface area contributed by atoms with Crippen molar-refractivity contribution in [2.75, 3.05) is 6.54 Å². The van der Waals surface area contributed by atoms with Crippen LogP contribution in [0.3, 0.4) is 0 Å². The average molecular weight is 297 g/mol. The summed E-state index contributed by atoms with van der Waals surface area (Å²) < 4.78 is 6.98. The first-order chi connectivity index (χ1) is 10.3. The highest BCUT2D eigenvalue weighted by molar-refractivity contribution is 7.21. The molecule has 2 heterocycles. The van der Waals surface area contributed by atoms with E-state index in [1.165, 1.54) is 0 Å². The van der Waals surface area contributed by atoms with E-state index in [-0.39, 0.29) is 5.92 Å². The van der Waals surface area contributed by atoms with Gasteiger partial charge in [0.05, 0.1) is 28.7 Å². The topological polar surface area (TPSA) is 61.9 Å². The van der Waals surface area contributed by atoms with Gasteiger partial charge in [0.25, 0.3) is 0 Å². The Bertz CT molecular complexity index is 751. The molecule has 0 saturated carbocycles. The molecule has 0 aliphatic rings. The van der Waals surface area contributed by atoms with Crippen LogP contribution in [0.2, 0.25) is 0 Å². The van der Waals surface area contributed by atoms with Crippen LogP contribution in [-0.4, -0.2) is 11.5 Å². The first-order valence-corrected chi connectivity index (χ1v) is 7.63. The highest BCUT2D eigenvalue weighted by Crippen LogP contribution is 2.30. The third-order valence-electron chi connectivity index (χ3n) is 3.14. The van der Waals surface area contributed by atoms with Crippen LogP contribution < -0.4 is 5.32 Å². The minimum absolute atomic E-state index is 0.00342. The molecule has 2 aromatic heterocycles. The lowest BCUT2D eigenvalue weighted by Crippen LogP contribution is -2.19. The van der Waals surface area contributed by atoms with Gasteiger partial charge in [0.15, 0.2) is 10.8 Å². The van der Waals surface area contributed by atoms with Gasteiger partial charge in [-0.2, -0.15) is 5.26 Å². The van der Waals surface area contributed by atoms with Crippen molar-refractivity contribution >= 4 is 21.6 Å². The van der Waals surface area contributed by atoms with Crippen LogP contribution >= 0.6 is 11.3 Å². The third-order valence-corrected chi connectivity index (χ3v) is 4.19. The standard InChI is InChI=1S/C16H15N3OS/c1-11(8-17)9-18-10-12-6-7-14(20-12)16-19-13-4-2-3-5-15(13)21-16/h2-7,11,18H,9-10H2,1H3. The fourth-order valence-corrected chi connectivity index (χ4v) is 2.95. The second-order valence-electron chi connectivity index (χ2n) is 4.91. The van der Waals surface area contributed by atoms with Crippen LogP contribution in [0.15, 0.2) is 40.8 Å². The van der Waals surface area contributed by atoms with Gasteiger partial charge < -0.3 is 9.73 Å². The largest absolute Gasteiger partial charge is 0.457 e. The SMILES string of the molecule is CC(C#N)CNCc1ccc(-c2nc3ccccc3s2)o1. The summed E-state index contributed by atoms with van der Waals surface area (Å²) in [6.07, 6.45) is 0. The summed E-state index contributed by atoms with van der Waals surface area (Å²) in [4.78, 5) is 4.58. The number of fused-ring (bicyclic) bond motifs is 1. The van der Waals surface area contributed by atoms with E-state index in [2.05, 4.69) is 22.4 Å². The number of nitriles is 1. The van der Waals surface area contributed by atoms with Crippen LogP contribution in [0.4, 0.5) is 0 Å². The lowest BCUT2D eigenvalue weighted by molar-refractivity contribution is 0.483. The summed E-state index contributed by atoms with van der Waals surface area (Å²) in [5.74, 6) is 1.65. The van der Waals surface area contributed by atoms with Gasteiger partial charge in [-0.15, -0.1) is 11.3 Å². The van der Waals surface area contributed by atoms with E-state index in [0.29, 0.717) is 13.1 Å². The minimum Gasteiger partial charge on any atom is -0.457 e. The van der Waals surface area contributed by atoms with Gasteiger partial charge in [-0.25, -0.2) is 4.98 Å². The van der Waals surface area contributed by atoms with Gasteiger partial charge in [0, 0.05) is 6.54 Å². The number of rotatable bonds is 5. The predicted octanol–water partition coefficient (Wildman–Crippen LogP) is 3.81. The molecule has 21 heavy (non-hydrogen) atoms. The molecule has 0 saturated heterocycles. The van der Waals surface area contributed by atoms with Crippen molar-refractivity contribution in [3.63, 3.8) is 0 Å². The Labute approximate surface area is 127 Å². The predicted molar refractivity (Wildman–Crippen MR) is 83.8 cm³/mol. The molecule has 0 aliphatic heterocycles. The number of nitrogens with zero attached hydrogens (tertiary/aromatic N) is 2. The summed E-state index contributed by atoms with van der Waals surface area (Å²) in [7, 11) is 0. The van der Waals surface area contributed by atoms with Crippen molar-refractivity contribution in [1.29, 1.82) is 5.26 Å². The van der Waals surface area contributed by atoms with Gasteiger partial charge in [-0.05, 0) is 31.2 Å². The number of thiazole rings is 1. The smallest absolute Gasteiger partial charge is 0.163 e. The van der Waals surface area contributed by atoms with Crippen molar-refractivity contribution in [3.05, 3.63) is 42.2 Å². The zero-order chi connectivity index (χ0) is 14.7. The zero-order valence-electron chi connectivity index (χ0n) is 11.7. The van der Waals surface area contributed by atoms with Gasteiger partial charge in [-0.3, -0.25) is 0 Å².